The number of aromatic nitrogens is 2. The molecular weight excluding hydrogens is 212 g/mol. The number of aliphatic hydroxyl groups excluding tert-OH is 1. The van der Waals surface area contributed by atoms with Gasteiger partial charge < -0.3 is 5.11 Å². The van der Waals surface area contributed by atoms with E-state index in [-0.39, 0.29) is 6.61 Å². The number of rotatable bonds is 2. The standard InChI is InChI=1S/C14H12N2O/c17-9-11-3-1-2-4-13(11)10-5-6-14-12(7-10)8-15-16-14/h1-8,17H,9H2,(H,15,16). The van der Waals surface area contributed by atoms with E-state index in [0.29, 0.717) is 0 Å². The van der Waals surface area contributed by atoms with Crippen molar-refractivity contribution < 1.29 is 5.11 Å². The molecule has 0 unspecified atom stereocenters. The van der Waals surface area contributed by atoms with Gasteiger partial charge in [-0.25, -0.2) is 0 Å². The summed E-state index contributed by atoms with van der Waals surface area (Å²) in [6, 6.07) is 14.0. The molecule has 2 N–H and O–H groups in total. The number of hydrogen-bond donors (Lipinski definition) is 2. The number of hydrogen-bond acceptors (Lipinski definition) is 2. The third-order valence-corrected chi connectivity index (χ3v) is 2.94. The molecule has 3 rings (SSSR count). The van der Waals surface area contributed by atoms with E-state index in [2.05, 4.69) is 16.3 Å². The van der Waals surface area contributed by atoms with Crippen molar-refractivity contribution in [3.63, 3.8) is 0 Å². The third kappa shape index (κ3) is 1.70. The predicted molar refractivity (Wildman–Crippen MR) is 67.5 cm³/mol. The highest BCUT2D eigenvalue weighted by molar-refractivity contribution is 5.84. The van der Waals surface area contributed by atoms with Crippen LogP contribution in [0.15, 0.2) is 48.7 Å². The molecule has 0 aliphatic heterocycles. The van der Waals surface area contributed by atoms with Gasteiger partial charge in [-0.2, -0.15) is 5.10 Å². The van der Waals surface area contributed by atoms with Crippen LogP contribution in [0.5, 0.6) is 0 Å². The molecule has 84 valence electrons. The molecule has 0 bridgehead atoms. The van der Waals surface area contributed by atoms with Crippen molar-refractivity contribution in [2.75, 3.05) is 0 Å². The zero-order valence-corrected chi connectivity index (χ0v) is 9.22. The molecule has 0 saturated heterocycles. The highest BCUT2D eigenvalue weighted by atomic mass is 16.3. The molecule has 3 aromatic rings. The summed E-state index contributed by atoms with van der Waals surface area (Å²) in [7, 11) is 0. The molecule has 17 heavy (non-hydrogen) atoms. The van der Waals surface area contributed by atoms with Crippen molar-refractivity contribution in [3.05, 3.63) is 54.2 Å². The molecule has 0 aliphatic rings. The summed E-state index contributed by atoms with van der Waals surface area (Å²) in [4.78, 5) is 0. The summed E-state index contributed by atoms with van der Waals surface area (Å²) >= 11 is 0. The third-order valence-electron chi connectivity index (χ3n) is 2.94. The van der Waals surface area contributed by atoms with Crippen molar-refractivity contribution >= 4 is 10.9 Å². The van der Waals surface area contributed by atoms with Gasteiger partial charge in [0.15, 0.2) is 0 Å². The van der Waals surface area contributed by atoms with Gasteiger partial charge in [-0.15, -0.1) is 0 Å². The van der Waals surface area contributed by atoms with Crippen LogP contribution in [0.25, 0.3) is 22.0 Å². The minimum absolute atomic E-state index is 0.0552. The summed E-state index contributed by atoms with van der Waals surface area (Å²) in [6.07, 6.45) is 1.81. The lowest BCUT2D eigenvalue weighted by atomic mass is 9.99. The van der Waals surface area contributed by atoms with Crippen LogP contribution in [0, 0.1) is 0 Å². The van der Waals surface area contributed by atoms with E-state index in [1.165, 1.54) is 0 Å². The quantitative estimate of drug-likeness (QED) is 0.703. The fourth-order valence-electron chi connectivity index (χ4n) is 2.05. The van der Waals surface area contributed by atoms with Crippen LogP contribution >= 0.6 is 0 Å². The van der Waals surface area contributed by atoms with E-state index < -0.39 is 0 Å². The molecule has 3 nitrogen and oxygen atoms in total. The minimum atomic E-state index is 0.0552. The maximum absolute atomic E-state index is 9.33. The molecule has 3 heteroatoms. The second-order valence-electron chi connectivity index (χ2n) is 3.99. The van der Waals surface area contributed by atoms with Crippen LogP contribution in [-0.4, -0.2) is 15.3 Å². The van der Waals surface area contributed by atoms with Crippen molar-refractivity contribution in [2.24, 2.45) is 0 Å². The first-order valence-electron chi connectivity index (χ1n) is 5.51. The second-order valence-corrected chi connectivity index (χ2v) is 3.99. The maximum Gasteiger partial charge on any atom is 0.0687 e. The van der Waals surface area contributed by atoms with Crippen molar-refractivity contribution in [3.8, 4) is 11.1 Å². The van der Waals surface area contributed by atoms with E-state index in [1.54, 1.807) is 6.20 Å². The fraction of sp³-hybridized carbons (Fsp3) is 0.0714. The lowest BCUT2D eigenvalue weighted by Crippen LogP contribution is -1.88. The SMILES string of the molecule is OCc1ccccc1-c1ccc2[nH]ncc2c1. The first-order chi connectivity index (χ1) is 8.38. The maximum atomic E-state index is 9.33. The number of fused-ring (bicyclic) bond motifs is 1. The van der Waals surface area contributed by atoms with E-state index in [0.717, 1.165) is 27.6 Å². The largest absolute Gasteiger partial charge is 0.392 e. The Bertz CT molecular complexity index is 658. The Kier molecular flexibility index (Phi) is 2.38. The zero-order chi connectivity index (χ0) is 11.7. The Morgan fingerprint density at radius 3 is 2.88 bits per heavy atom. The number of nitrogens with one attached hydrogen (secondary N) is 1. The molecule has 0 spiro atoms. The molecule has 0 aliphatic carbocycles. The van der Waals surface area contributed by atoms with Gasteiger partial charge in [0.2, 0.25) is 0 Å². The first kappa shape index (κ1) is 10.1. The van der Waals surface area contributed by atoms with Crippen LogP contribution in [0.3, 0.4) is 0 Å². The van der Waals surface area contributed by atoms with Crippen LogP contribution in [0.4, 0.5) is 0 Å². The molecule has 0 fully saturated rings. The Labute approximate surface area is 98.7 Å². The Balaban J connectivity index is 2.19. The van der Waals surface area contributed by atoms with Crippen molar-refractivity contribution in [1.29, 1.82) is 0 Å². The number of aromatic amines is 1. The van der Waals surface area contributed by atoms with E-state index in [9.17, 15) is 5.11 Å². The van der Waals surface area contributed by atoms with Gasteiger partial charge >= 0.3 is 0 Å². The fourth-order valence-corrected chi connectivity index (χ4v) is 2.05. The highest BCUT2D eigenvalue weighted by Gasteiger charge is 2.04. The molecular formula is C14H12N2O. The highest BCUT2D eigenvalue weighted by Crippen LogP contribution is 2.26. The van der Waals surface area contributed by atoms with Gasteiger partial charge in [0, 0.05) is 5.39 Å². The van der Waals surface area contributed by atoms with Crippen LogP contribution in [-0.2, 0) is 6.61 Å². The summed E-state index contributed by atoms with van der Waals surface area (Å²) in [5.74, 6) is 0. The Hall–Kier alpha value is -2.13. The number of aliphatic hydroxyl groups is 1. The normalized spacial score (nSPS) is 10.9. The van der Waals surface area contributed by atoms with Crippen LogP contribution in [0.2, 0.25) is 0 Å². The summed E-state index contributed by atoms with van der Waals surface area (Å²) in [6.45, 7) is 0.0552. The van der Waals surface area contributed by atoms with Crippen LogP contribution < -0.4 is 0 Å². The molecule has 1 aromatic heterocycles. The topological polar surface area (TPSA) is 48.9 Å². The second kappa shape index (κ2) is 4.03. The summed E-state index contributed by atoms with van der Waals surface area (Å²) in [5.41, 5.74) is 4.13. The molecule has 0 radical (unpaired) electrons. The van der Waals surface area contributed by atoms with E-state index >= 15 is 0 Å². The van der Waals surface area contributed by atoms with Gasteiger partial charge in [0.1, 0.15) is 0 Å². The van der Waals surface area contributed by atoms with E-state index in [4.69, 9.17) is 0 Å². The minimum Gasteiger partial charge on any atom is -0.392 e. The lowest BCUT2D eigenvalue weighted by molar-refractivity contribution is 0.282. The van der Waals surface area contributed by atoms with E-state index in [1.807, 2.05) is 36.4 Å². The van der Waals surface area contributed by atoms with Gasteiger partial charge in [-0.05, 0) is 28.8 Å². The monoisotopic (exact) mass is 224 g/mol. The molecule has 2 aromatic carbocycles. The van der Waals surface area contributed by atoms with Gasteiger partial charge in [-0.1, -0.05) is 30.3 Å². The van der Waals surface area contributed by atoms with Gasteiger partial charge in [0.25, 0.3) is 0 Å². The molecule has 0 atom stereocenters. The molecule has 0 saturated carbocycles. The summed E-state index contributed by atoms with van der Waals surface area (Å²) < 4.78 is 0. The average Bonchev–Trinajstić information content (AvgIpc) is 2.85. The smallest absolute Gasteiger partial charge is 0.0687 e. The number of benzene rings is 2. The Morgan fingerprint density at radius 1 is 1.12 bits per heavy atom. The lowest BCUT2D eigenvalue weighted by Gasteiger charge is -2.07. The number of H-pyrrole nitrogens is 1. The molecule has 1 heterocycles. The average molecular weight is 224 g/mol. The number of nitrogens with zero attached hydrogens (tertiary/aromatic N) is 1. The van der Waals surface area contributed by atoms with Gasteiger partial charge in [-0.3, -0.25) is 5.10 Å². The molecule has 0 amide bonds. The van der Waals surface area contributed by atoms with Crippen molar-refractivity contribution in [2.45, 2.75) is 6.61 Å². The van der Waals surface area contributed by atoms with Gasteiger partial charge in [0.05, 0.1) is 18.3 Å². The first-order valence-corrected chi connectivity index (χ1v) is 5.51. The Morgan fingerprint density at radius 2 is 2.00 bits per heavy atom. The predicted octanol–water partition coefficient (Wildman–Crippen LogP) is 2.72. The summed E-state index contributed by atoms with van der Waals surface area (Å²) in [5, 5.41) is 17.3. The van der Waals surface area contributed by atoms with Crippen molar-refractivity contribution in [1.82, 2.24) is 10.2 Å². The van der Waals surface area contributed by atoms with Crippen LogP contribution in [0.1, 0.15) is 5.56 Å². The zero-order valence-electron chi connectivity index (χ0n) is 9.22.